The summed E-state index contributed by atoms with van der Waals surface area (Å²) < 4.78 is 63.8. The van der Waals surface area contributed by atoms with Crippen molar-refractivity contribution >= 4 is 5.69 Å². The highest BCUT2D eigenvalue weighted by Gasteiger charge is 2.25. The zero-order chi connectivity index (χ0) is 12.5. The van der Waals surface area contributed by atoms with Crippen molar-refractivity contribution in [2.45, 2.75) is 0 Å². The van der Waals surface area contributed by atoms with E-state index in [1.165, 1.54) is 14.1 Å². The Morgan fingerprint density at radius 1 is 0.750 bits per heavy atom. The molecule has 1 aromatic rings. The monoisotopic (exact) mass is 239 g/mol. The second kappa shape index (κ2) is 4.42. The molecule has 0 radical (unpaired) electrons. The standard InChI is InChI=1S/C8H6F5N3/c1-16(2)15-14-8-6(12)4(10)3(9)5(11)7(8)13/h1-2H3. The van der Waals surface area contributed by atoms with Crippen molar-refractivity contribution in [1.82, 2.24) is 5.01 Å². The van der Waals surface area contributed by atoms with E-state index in [1.54, 1.807) is 0 Å². The largest absolute Gasteiger partial charge is 0.285 e. The molecule has 0 bridgehead atoms. The maximum Gasteiger partial charge on any atom is 0.200 e. The molecular formula is C8H6F5N3. The van der Waals surface area contributed by atoms with E-state index in [2.05, 4.69) is 10.3 Å². The zero-order valence-electron chi connectivity index (χ0n) is 8.23. The van der Waals surface area contributed by atoms with Gasteiger partial charge in [0, 0.05) is 14.1 Å². The van der Waals surface area contributed by atoms with Crippen molar-refractivity contribution < 1.29 is 22.0 Å². The van der Waals surface area contributed by atoms with Crippen molar-refractivity contribution in [1.29, 1.82) is 0 Å². The minimum atomic E-state index is -2.22. The van der Waals surface area contributed by atoms with E-state index in [0.29, 0.717) is 0 Å². The van der Waals surface area contributed by atoms with Crippen LogP contribution >= 0.6 is 0 Å². The highest BCUT2D eigenvalue weighted by atomic mass is 19.2. The van der Waals surface area contributed by atoms with Crippen LogP contribution in [0.4, 0.5) is 27.6 Å². The summed E-state index contributed by atoms with van der Waals surface area (Å²) in [6.45, 7) is 0. The van der Waals surface area contributed by atoms with Gasteiger partial charge in [-0.15, -0.1) is 5.11 Å². The molecule has 88 valence electrons. The molecule has 8 heteroatoms. The second-order valence-corrected chi connectivity index (χ2v) is 2.96. The van der Waals surface area contributed by atoms with Gasteiger partial charge in [-0.1, -0.05) is 5.22 Å². The summed E-state index contributed by atoms with van der Waals surface area (Å²) >= 11 is 0. The van der Waals surface area contributed by atoms with Crippen molar-refractivity contribution in [3.05, 3.63) is 29.1 Å². The molecule has 0 aliphatic heterocycles. The van der Waals surface area contributed by atoms with Crippen LogP contribution in [0, 0.1) is 29.1 Å². The first kappa shape index (κ1) is 12.3. The van der Waals surface area contributed by atoms with Crippen LogP contribution in [0.25, 0.3) is 0 Å². The van der Waals surface area contributed by atoms with Gasteiger partial charge in [0.2, 0.25) is 5.82 Å². The number of nitrogens with zero attached hydrogens (tertiary/aromatic N) is 3. The van der Waals surface area contributed by atoms with E-state index >= 15 is 0 Å². The third-order valence-corrected chi connectivity index (χ3v) is 1.51. The van der Waals surface area contributed by atoms with Crippen LogP contribution < -0.4 is 0 Å². The van der Waals surface area contributed by atoms with Gasteiger partial charge in [-0.25, -0.2) is 22.0 Å². The summed E-state index contributed by atoms with van der Waals surface area (Å²) in [4.78, 5) is 0. The molecule has 1 aromatic carbocycles. The number of benzene rings is 1. The lowest BCUT2D eigenvalue weighted by Crippen LogP contribution is -2.02. The van der Waals surface area contributed by atoms with E-state index in [-0.39, 0.29) is 0 Å². The summed E-state index contributed by atoms with van der Waals surface area (Å²) in [6, 6.07) is 0. The molecule has 0 aliphatic rings. The van der Waals surface area contributed by atoms with E-state index in [0.717, 1.165) is 5.01 Å². The van der Waals surface area contributed by atoms with Gasteiger partial charge >= 0.3 is 0 Å². The summed E-state index contributed by atoms with van der Waals surface area (Å²) in [5.74, 6) is -10.3. The maximum atomic E-state index is 13.0. The molecule has 16 heavy (non-hydrogen) atoms. The number of hydrogen-bond acceptors (Lipinski definition) is 2. The summed E-state index contributed by atoms with van der Waals surface area (Å²) in [5.41, 5.74) is -1.31. The van der Waals surface area contributed by atoms with Gasteiger partial charge in [0.25, 0.3) is 0 Å². The van der Waals surface area contributed by atoms with E-state index in [1.807, 2.05) is 0 Å². The minimum absolute atomic E-state index is 1.04. The lowest BCUT2D eigenvalue weighted by Gasteiger charge is -2.04. The first-order valence-corrected chi connectivity index (χ1v) is 3.96. The lowest BCUT2D eigenvalue weighted by atomic mass is 10.2. The second-order valence-electron chi connectivity index (χ2n) is 2.96. The molecule has 0 amide bonds. The molecule has 0 saturated carbocycles. The first-order valence-electron chi connectivity index (χ1n) is 3.96. The molecule has 0 saturated heterocycles. The quantitative estimate of drug-likeness (QED) is 0.256. The SMILES string of the molecule is CN(C)N=Nc1c(F)c(F)c(F)c(F)c1F. The Labute approximate surface area is 87.2 Å². The van der Waals surface area contributed by atoms with Gasteiger partial charge < -0.3 is 0 Å². The average molecular weight is 239 g/mol. The molecule has 0 heterocycles. The van der Waals surface area contributed by atoms with Crippen LogP contribution in [-0.2, 0) is 0 Å². The van der Waals surface area contributed by atoms with Gasteiger partial charge in [-0.05, 0) is 0 Å². The fourth-order valence-electron chi connectivity index (χ4n) is 0.815. The van der Waals surface area contributed by atoms with Crippen molar-refractivity contribution in [3.63, 3.8) is 0 Å². The maximum absolute atomic E-state index is 13.0. The van der Waals surface area contributed by atoms with Crippen LogP contribution in [-0.4, -0.2) is 19.1 Å². The summed E-state index contributed by atoms with van der Waals surface area (Å²) in [6.07, 6.45) is 0. The van der Waals surface area contributed by atoms with Gasteiger partial charge in [-0.2, -0.15) is 0 Å². The van der Waals surface area contributed by atoms with Gasteiger partial charge in [0.1, 0.15) is 0 Å². The molecule has 0 spiro atoms. The topological polar surface area (TPSA) is 28.0 Å². The molecular weight excluding hydrogens is 233 g/mol. The predicted octanol–water partition coefficient (Wildman–Crippen LogP) is 2.94. The fraction of sp³-hybridized carbons (Fsp3) is 0.250. The van der Waals surface area contributed by atoms with Crippen LogP contribution in [0.3, 0.4) is 0 Å². The third kappa shape index (κ3) is 2.10. The van der Waals surface area contributed by atoms with Gasteiger partial charge in [-0.3, -0.25) is 5.01 Å². The zero-order valence-corrected chi connectivity index (χ0v) is 8.23. The third-order valence-electron chi connectivity index (χ3n) is 1.51. The van der Waals surface area contributed by atoms with Crippen LogP contribution in [0.1, 0.15) is 0 Å². The highest BCUT2D eigenvalue weighted by molar-refractivity contribution is 5.41. The number of hydrogen-bond donors (Lipinski definition) is 0. The van der Waals surface area contributed by atoms with Crippen molar-refractivity contribution in [2.24, 2.45) is 10.3 Å². The van der Waals surface area contributed by atoms with Crippen LogP contribution in [0.2, 0.25) is 0 Å². The van der Waals surface area contributed by atoms with Crippen LogP contribution in [0.15, 0.2) is 10.3 Å². The lowest BCUT2D eigenvalue weighted by molar-refractivity contribution is 0.373. The predicted molar refractivity (Wildman–Crippen MR) is 44.4 cm³/mol. The molecule has 0 N–H and O–H groups in total. The Morgan fingerprint density at radius 2 is 1.12 bits per heavy atom. The minimum Gasteiger partial charge on any atom is -0.285 e. The van der Waals surface area contributed by atoms with Gasteiger partial charge in [0.15, 0.2) is 29.0 Å². The molecule has 0 atom stereocenters. The Hall–Kier alpha value is -1.73. The first-order chi connectivity index (χ1) is 7.36. The Kier molecular flexibility index (Phi) is 3.41. The Bertz CT molecular complexity index is 415. The smallest absolute Gasteiger partial charge is 0.200 e. The molecule has 0 fully saturated rings. The average Bonchev–Trinajstić information content (AvgIpc) is 2.23. The molecule has 0 aliphatic carbocycles. The molecule has 1 rings (SSSR count). The Balaban J connectivity index is 3.40. The van der Waals surface area contributed by atoms with Crippen molar-refractivity contribution in [2.75, 3.05) is 14.1 Å². The molecule has 0 unspecified atom stereocenters. The molecule has 3 nitrogen and oxygen atoms in total. The van der Waals surface area contributed by atoms with Crippen LogP contribution in [0.5, 0.6) is 0 Å². The normalized spacial score (nSPS) is 11.2. The summed E-state index contributed by atoms with van der Waals surface area (Å²) in [5, 5.41) is 7.11. The fourth-order valence-corrected chi connectivity index (χ4v) is 0.815. The Morgan fingerprint density at radius 3 is 1.50 bits per heavy atom. The highest BCUT2D eigenvalue weighted by Crippen LogP contribution is 2.29. The summed E-state index contributed by atoms with van der Waals surface area (Å²) in [7, 11) is 2.74. The van der Waals surface area contributed by atoms with E-state index in [9.17, 15) is 22.0 Å². The number of rotatable bonds is 2. The van der Waals surface area contributed by atoms with E-state index in [4.69, 9.17) is 0 Å². The molecule has 0 aromatic heterocycles. The van der Waals surface area contributed by atoms with Gasteiger partial charge in [0.05, 0.1) is 0 Å². The van der Waals surface area contributed by atoms with Crippen molar-refractivity contribution in [3.8, 4) is 0 Å². The van der Waals surface area contributed by atoms with E-state index < -0.39 is 34.8 Å². The number of halogens is 5.